The Balaban J connectivity index is 2.43. The van der Waals surface area contributed by atoms with Crippen molar-refractivity contribution in [3.05, 3.63) is 31.7 Å². The SMILES string of the molecule is O=[N+]([O-])c1cc(Br)c(Cl)cc1N1CCCC(F)(F)C1. The van der Waals surface area contributed by atoms with Crippen LogP contribution in [0.4, 0.5) is 20.2 Å². The maximum atomic E-state index is 13.4. The molecule has 0 radical (unpaired) electrons. The van der Waals surface area contributed by atoms with Crippen molar-refractivity contribution in [1.82, 2.24) is 0 Å². The molecule has 19 heavy (non-hydrogen) atoms. The average molecular weight is 356 g/mol. The van der Waals surface area contributed by atoms with E-state index in [-0.39, 0.29) is 29.2 Å². The molecule has 0 aliphatic carbocycles. The van der Waals surface area contributed by atoms with Crippen LogP contribution in [0.5, 0.6) is 0 Å². The lowest BCUT2D eigenvalue weighted by Gasteiger charge is -2.33. The molecule has 1 aliphatic rings. The van der Waals surface area contributed by atoms with E-state index in [2.05, 4.69) is 15.9 Å². The molecular weight excluding hydrogens is 345 g/mol. The number of nitro groups is 1. The van der Waals surface area contributed by atoms with Gasteiger partial charge in [-0.1, -0.05) is 11.6 Å². The second-order valence-electron chi connectivity index (χ2n) is 4.39. The van der Waals surface area contributed by atoms with Gasteiger partial charge in [-0.05, 0) is 28.4 Å². The summed E-state index contributed by atoms with van der Waals surface area (Å²) in [6.45, 7) is -0.166. The number of nitrogens with zero attached hydrogens (tertiary/aromatic N) is 2. The molecule has 1 fully saturated rings. The summed E-state index contributed by atoms with van der Waals surface area (Å²) in [6, 6.07) is 2.59. The average Bonchev–Trinajstić information content (AvgIpc) is 2.30. The molecule has 0 aromatic heterocycles. The molecule has 0 saturated carbocycles. The molecule has 1 heterocycles. The molecule has 0 spiro atoms. The Morgan fingerprint density at radius 1 is 1.47 bits per heavy atom. The van der Waals surface area contributed by atoms with E-state index in [0.29, 0.717) is 11.0 Å². The number of halogens is 4. The Morgan fingerprint density at radius 2 is 2.16 bits per heavy atom. The molecule has 8 heteroatoms. The van der Waals surface area contributed by atoms with Crippen molar-refractivity contribution in [3.63, 3.8) is 0 Å². The van der Waals surface area contributed by atoms with Gasteiger partial charge in [0.15, 0.2) is 0 Å². The Kier molecular flexibility index (Phi) is 3.96. The van der Waals surface area contributed by atoms with Gasteiger partial charge in [0.05, 0.1) is 16.5 Å². The highest BCUT2D eigenvalue weighted by atomic mass is 79.9. The first-order valence-corrected chi connectivity index (χ1v) is 6.73. The molecule has 4 nitrogen and oxygen atoms in total. The quantitative estimate of drug-likeness (QED) is 0.588. The number of rotatable bonds is 2. The number of nitro benzene ring substituents is 1. The van der Waals surface area contributed by atoms with Crippen molar-refractivity contribution >= 4 is 38.9 Å². The summed E-state index contributed by atoms with van der Waals surface area (Å²) >= 11 is 8.99. The van der Waals surface area contributed by atoms with Gasteiger partial charge in [-0.3, -0.25) is 10.1 Å². The summed E-state index contributed by atoms with van der Waals surface area (Å²) in [5.74, 6) is -2.83. The standard InChI is InChI=1S/C11H10BrClF2N2O2/c12-7-4-10(17(18)19)9(5-8(7)13)16-3-1-2-11(14,15)6-16/h4-5H,1-3,6H2. The zero-order valence-electron chi connectivity index (χ0n) is 9.71. The van der Waals surface area contributed by atoms with Crippen LogP contribution in [-0.2, 0) is 0 Å². The maximum absolute atomic E-state index is 13.4. The molecule has 0 N–H and O–H groups in total. The third-order valence-electron chi connectivity index (χ3n) is 2.95. The molecule has 0 atom stereocenters. The fourth-order valence-electron chi connectivity index (χ4n) is 2.10. The highest BCUT2D eigenvalue weighted by Gasteiger charge is 2.37. The van der Waals surface area contributed by atoms with Crippen LogP contribution in [0.1, 0.15) is 12.8 Å². The number of alkyl halides is 2. The van der Waals surface area contributed by atoms with Gasteiger partial charge in [-0.25, -0.2) is 8.78 Å². The van der Waals surface area contributed by atoms with Crippen LogP contribution >= 0.6 is 27.5 Å². The highest BCUT2D eigenvalue weighted by Crippen LogP contribution is 2.39. The van der Waals surface area contributed by atoms with E-state index in [9.17, 15) is 18.9 Å². The molecule has 2 rings (SSSR count). The third-order valence-corrected chi connectivity index (χ3v) is 4.14. The van der Waals surface area contributed by atoms with E-state index >= 15 is 0 Å². The third kappa shape index (κ3) is 3.14. The number of hydrogen-bond donors (Lipinski definition) is 0. The summed E-state index contributed by atoms with van der Waals surface area (Å²) < 4.78 is 27.2. The predicted octanol–water partition coefficient (Wildman–Crippen LogP) is 4.25. The first-order valence-electron chi connectivity index (χ1n) is 5.56. The van der Waals surface area contributed by atoms with Crippen molar-refractivity contribution in [1.29, 1.82) is 0 Å². The van der Waals surface area contributed by atoms with E-state index in [0.717, 1.165) is 0 Å². The van der Waals surface area contributed by atoms with Crippen LogP contribution < -0.4 is 4.90 Å². The monoisotopic (exact) mass is 354 g/mol. The van der Waals surface area contributed by atoms with Gasteiger partial charge in [-0.2, -0.15) is 0 Å². The van der Waals surface area contributed by atoms with Gasteiger partial charge in [0.25, 0.3) is 11.6 Å². The molecule has 0 bridgehead atoms. The van der Waals surface area contributed by atoms with E-state index < -0.39 is 17.4 Å². The molecule has 1 saturated heterocycles. The Labute approximate surface area is 121 Å². The smallest absolute Gasteiger partial charge is 0.293 e. The van der Waals surface area contributed by atoms with Crippen molar-refractivity contribution in [3.8, 4) is 0 Å². The van der Waals surface area contributed by atoms with Gasteiger partial charge in [0.1, 0.15) is 5.69 Å². The lowest BCUT2D eigenvalue weighted by Crippen LogP contribution is -2.42. The fourth-order valence-corrected chi connectivity index (χ4v) is 2.59. The second-order valence-corrected chi connectivity index (χ2v) is 5.65. The topological polar surface area (TPSA) is 46.4 Å². The van der Waals surface area contributed by atoms with Crippen molar-refractivity contribution < 1.29 is 13.7 Å². The lowest BCUT2D eigenvalue weighted by atomic mass is 10.1. The Morgan fingerprint density at radius 3 is 2.74 bits per heavy atom. The number of anilines is 1. The fraction of sp³-hybridized carbons (Fsp3) is 0.455. The summed E-state index contributed by atoms with van der Waals surface area (Å²) in [7, 11) is 0. The minimum atomic E-state index is -2.83. The molecule has 1 aliphatic heterocycles. The van der Waals surface area contributed by atoms with Crippen LogP contribution in [0.3, 0.4) is 0 Å². The summed E-state index contributed by atoms with van der Waals surface area (Å²) in [4.78, 5) is 11.7. The van der Waals surface area contributed by atoms with Crippen LogP contribution in [0, 0.1) is 10.1 Å². The normalized spacial score (nSPS) is 18.4. The van der Waals surface area contributed by atoms with Gasteiger partial charge in [-0.15, -0.1) is 0 Å². The van der Waals surface area contributed by atoms with Gasteiger partial charge < -0.3 is 4.90 Å². The number of piperidine rings is 1. The zero-order chi connectivity index (χ0) is 14.2. The van der Waals surface area contributed by atoms with Crippen molar-refractivity contribution in [2.24, 2.45) is 0 Å². The van der Waals surface area contributed by atoms with Crippen LogP contribution in [-0.4, -0.2) is 23.9 Å². The first-order chi connectivity index (χ1) is 8.80. The highest BCUT2D eigenvalue weighted by molar-refractivity contribution is 9.10. The zero-order valence-corrected chi connectivity index (χ0v) is 12.0. The van der Waals surface area contributed by atoms with Crippen LogP contribution in [0.2, 0.25) is 5.02 Å². The van der Waals surface area contributed by atoms with Crippen LogP contribution in [0.25, 0.3) is 0 Å². The Bertz CT molecular complexity index is 528. The summed E-state index contributed by atoms with van der Waals surface area (Å²) in [5.41, 5.74) is -0.0912. The van der Waals surface area contributed by atoms with Crippen molar-refractivity contribution in [2.45, 2.75) is 18.8 Å². The molecule has 0 amide bonds. The summed E-state index contributed by atoms with van der Waals surface area (Å²) in [5, 5.41) is 11.3. The summed E-state index contributed by atoms with van der Waals surface area (Å²) in [6.07, 6.45) is 0.0966. The molecule has 104 valence electrons. The molecule has 1 aromatic carbocycles. The molecule has 1 aromatic rings. The largest absolute Gasteiger partial charge is 0.360 e. The van der Waals surface area contributed by atoms with E-state index in [1.54, 1.807) is 0 Å². The minimum absolute atomic E-state index is 0.137. The maximum Gasteiger partial charge on any atom is 0.293 e. The first kappa shape index (κ1) is 14.5. The van der Waals surface area contributed by atoms with Gasteiger partial charge in [0, 0.05) is 23.5 Å². The minimum Gasteiger partial charge on any atom is -0.360 e. The molecule has 0 unspecified atom stereocenters. The predicted molar refractivity (Wildman–Crippen MR) is 72.2 cm³/mol. The lowest BCUT2D eigenvalue weighted by molar-refractivity contribution is -0.384. The second kappa shape index (κ2) is 5.20. The number of hydrogen-bond acceptors (Lipinski definition) is 3. The molecular formula is C11H10BrClF2N2O2. The Hall–Kier alpha value is -0.950. The van der Waals surface area contributed by atoms with E-state index in [1.165, 1.54) is 17.0 Å². The van der Waals surface area contributed by atoms with Gasteiger partial charge >= 0.3 is 0 Å². The van der Waals surface area contributed by atoms with E-state index in [4.69, 9.17) is 11.6 Å². The van der Waals surface area contributed by atoms with Crippen LogP contribution in [0.15, 0.2) is 16.6 Å². The van der Waals surface area contributed by atoms with Gasteiger partial charge in [0.2, 0.25) is 0 Å². The number of benzene rings is 1. The van der Waals surface area contributed by atoms with Crippen molar-refractivity contribution in [2.75, 3.05) is 18.0 Å². The van der Waals surface area contributed by atoms with E-state index in [1.807, 2.05) is 0 Å².